The Hall–Kier alpha value is -1.64. The van der Waals surface area contributed by atoms with Gasteiger partial charge in [-0.05, 0) is 12.5 Å². The molecule has 15 heavy (non-hydrogen) atoms. The maximum absolute atomic E-state index is 10.9. The molecular weight excluding hydrogens is 190 g/mol. The SMILES string of the molecule is CCC1=Nc2c(C)cccc2C(C=O)O1. The zero-order chi connectivity index (χ0) is 10.8. The number of carbonyl (C=O) groups excluding carboxylic acids is 1. The zero-order valence-electron chi connectivity index (χ0n) is 8.86. The minimum absolute atomic E-state index is 0.493. The smallest absolute Gasteiger partial charge is 0.189 e. The van der Waals surface area contributed by atoms with E-state index in [0.29, 0.717) is 12.3 Å². The van der Waals surface area contributed by atoms with Crippen LogP contribution >= 0.6 is 0 Å². The highest BCUT2D eigenvalue weighted by Crippen LogP contribution is 2.34. The van der Waals surface area contributed by atoms with Gasteiger partial charge in [0.05, 0.1) is 5.69 Å². The number of fused-ring (bicyclic) bond motifs is 1. The first kappa shape index (κ1) is 9.90. The van der Waals surface area contributed by atoms with Gasteiger partial charge in [-0.25, -0.2) is 4.99 Å². The topological polar surface area (TPSA) is 38.7 Å². The molecule has 0 amide bonds. The number of aliphatic imine (C=N–C) groups is 1. The third-order valence-corrected chi connectivity index (χ3v) is 2.50. The van der Waals surface area contributed by atoms with Gasteiger partial charge in [0.25, 0.3) is 0 Å². The average molecular weight is 203 g/mol. The standard InChI is InChI=1S/C12H13NO2/c1-3-11-13-12-8(2)5-4-6-9(12)10(7-14)15-11/h4-7,10H,3H2,1-2H3. The number of ether oxygens (including phenoxy) is 1. The molecule has 0 saturated carbocycles. The van der Waals surface area contributed by atoms with E-state index >= 15 is 0 Å². The quantitative estimate of drug-likeness (QED) is 0.693. The molecule has 1 aliphatic heterocycles. The van der Waals surface area contributed by atoms with Gasteiger partial charge in [-0.1, -0.05) is 25.1 Å². The summed E-state index contributed by atoms with van der Waals surface area (Å²) in [5, 5.41) is 0. The van der Waals surface area contributed by atoms with E-state index in [2.05, 4.69) is 4.99 Å². The van der Waals surface area contributed by atoms with Crippen LogP contribution in [0.2, 0.25) is 0 Å². The number of hydrogen-bond acceptors (Lipinski definition) is 3. The Morgan fingerprint density at radius 1 is 1.53 bits per heavy atom. The van der Waals surface area contributed by atoms with E-state index in [1.165, 1.54) is 0 Å². The minimum Gasteiger partial charge on any atom is -0.465 e. The Morgan fingerprint density at radius 2 is 2.33 bits per heavy atom. The van der Waals surface area contributed by atoms with Crippen molar-refractivity contribution in [1.29, 1.82) is 0 Å². The molecule has 1 aromatic rings. The summed E-state index contributed by atoms with van der Waals surface area (Å²) in [5.74, 6) is 0.633. The fourth-order valence-corrected chi connectivity index (χ4v) is 1.69. The highest BCUT2D eigenvalue weighted by atomic mass is 16.5. The molecular formula is C12H13NO2. The maximum Gasteiger partial charge on any atom is 0.189 e. The normalized spacial score (nSPS) is 18.8. The van der Waals surface area contributed by atoms with Gasteiger partial charge in [0.15, 0.2) is 18.3 Å². The van der Waals surface area contributed by atoms with Crippen LogP contribution < -0.4 is 0 Å². The maximum atomic E-state index is 10.9. The third-order valence-electron chi connectivity index (χ3n) is 2.50. The van der Waals surface area contributed by atoms with E-state index in [1.54, 1.807) is 0 Å². The molecule has 1 atom stereocenters. The van der Waals surface area contributed by atoms with Crippen LogP contribution in [0.15, 0.2) is 23.2 Å². The van der Waals surface area contributed by atoms with E-state index in [0.717, 1.165) is 23.1 Å². The van der Waals surface area contributed by atoms with Crippen molar-refractivity contribution in [3.63, 3.8) is 0 Å². The van der Waals surface area contributed by atoms with Gasteiger partial charge >= 0.3 is 0 Å². The predicted octanol–water partition coefficient (Wildman–Crippen LogP) is 2.71. The van der Waals surface area contributed by atoms with Gasteiger partial charge in [0.2, 0.25) is 0 Å². The number of hydrogen-bond donors (Lipinski definition) is 0. The molecule has 2 rings (SSSR count). The predicted molar refractivity (Wildman–Crippen MR) is 58.5 cm³/mol. The largest absolute Gasteiger partial charge is 0.465 e. The number of benzene rings is 1. The van der Waals surface area contributed by atoms with Crippen LogP contribution in [0.1, 0.15) is 30.6 Å². The molecule has 0 aromatic heterocycles. The summed E-state index contributed by atoms with van der Waals surface area (Å²) in [7, 11) is 0. The van der Waals surface area contributed by atoms with E-state index < -0.39 is 6.10 Å². The fraction of sp³-hybridized carbons (Fsp3) is 0.333. The Balaban J connectivity index is 2.57. The lowest BCUT2D eigenvalue weighted by Crippen LogP contribution is -2.16. The van der Waals surface area contributed by atoms with Gasteiger partial charge in [-0.3, -0.25) is 4.79 Å². The van der Waals surface area contributed by atoms with Crippen LogP contribution in [0.25, 0.3) is 0 Å². The molecule has 1 heterocycles. The summed E-state index contributed by atoms with van der Waals surface area (Å²) < 4.78 is 5.45. The van der Waals surface area contributed by atoms with Crippen LogP contribution in [0.5, 0.6) is 0 Å². The second-order valence-corrected chi connectivity index (χ2v) is 3.55. The van der Waals surface area contributed by atoms with Gasteiger partial charge in [0, 0.05) is 12.0 Å². The van der Waals surface area contributed by atoms with Crippen LogP contribution in [0.4, 0.5) is 5.69 Å². The Bertz CT molecular complexity index is 424. The zero-order valence-corrected chi connectivity index (χ0v) is 8.86. The summed E-state index contributed by atoms with van der Waals surface area (Å²) in [6.07, 6.45) is 1.04. The number of aryl methyl sites for hydroxylation is 1. The molecule has 1 aromatic carbocycles. The number of rotatable bonds is 2. The second kappa shape index (κ2) is 3.85. The van der Waals surface area contributed by atoms with Crippen molar-refractivity contribution in [2.45, 2.75) is 26.4 Å². The van der Waals surface area contributed by atoms with Crippen LogP contribution in [-0.4, -0.2) is 12.2 Å². The monoisotopic (exact) mass is 203 g/mol. The molecule has 0 spiro atoms. The number of para-hydroxylation sites is 1. The lowest BCUT2D eigenvalue weighted by molar-refractivity contribution is -0.114. The first-order valence-corrected chi connectivity index (χ1v) is 5.05. The van der Waals surface area contributed by atoms with E-state index in [-0.39, 0.29) is 0 Å². The summed E-state index contributed by atoms with van der Waals surface area (Å²) in [6, 6.07) is 5.79. The van der Waals surface area contributed by atoms with Gasteiger partial charge in [-0.2, -0.15) is 0 Å². The summed E-state index contributed by atoms with van der Waals surface area (Å²) in [5.41, 5.74) is 2.83. The van der Waals surface area contributed by atoms with Crippen molar-refractivity contribution < 1.29 is 9.53 Å². The van der Waals surface area contributed by atoms with Crippen molar-refractivity contribution in [3.05, 3.63) is 29.3 Å². The third kappa shape index (κ3) is 1.65. The van der Waals surface area contributed by atoms with Gasteiger partial charge < -0.3 is 4.74 Å². The average Bonchev–Trinajstić information content (AvgIpc) is 2.28. The van der Waals surface area contributed by atoms with Crippen LogP contribution in [0.3, 0.4) is 0 Å². The molecule has 0 bridgehead atoms. The van der Waals surface area contributed by atoms with Gasteiger partial charge in [0.1, 0.15) is 0 Å². The van der Waals surface area contributed by atoms with E-state index in [4.69, 9.17) is 4.74 Å². The Labute approximate surface area is 88.8 Å². The molecule has 1 aliphatic rings. The fourth-order valence-electron chi connectivity index (χ4n) is 1.69. The van der Waals surface area contributed by atoms with Crippen LogP contribution in [-0.2, 0) is 9.53 Å². The van der Waals surface area contributed by atoms with Crippen molar-refractivity contribution in [2.24, 2.45) is 4.99 Å². The number of aldehydes is 1. The number of nitrogens with zero attached hydrogens (tertiary/aromatic N) is 1. The molecule has 1 unspecified atom stereocenters. The van der Waals surface area contributed by atoms with Crippen molar-refractivity contribution in [2.75, 3.05) is 0 Å². The first-order valence-electron chi connectivity index (χ1n) is 5.05. The number of carbonyl (C=O) groups is 1. The second-order valence-electron chi connectivity index (χ2n) is 3.55. The van der Waals surface area contributed by atoms with Gasteiger partial charge in [-0.15, -0.1) is 0 Å². The molecule has 0 aliphatic carbocycles. The molecule has 0 saturated heterocycles. The highest BCUT2D eigenvalue weighted by molar-refractivity contribution is 5.85. The lowest BCUT2D eigenvalue weighted by atomic mass is 10.0. The first-order chi connectivity index (χ1) is 7.26. The molecule has 0 radical (unpaired) electrons. The van der Waals surface area contributed by atoms with E-state index in [9.17, 15) is 4.79 Å². The highest BCUT2D eigenvalue weighted by Gasteiger charge is 2.23. The summed E-state index contributed by atoms with van der Waals surface area (Å²) in [4.78, 5) is 15.3. The Morgan fingerprint density at radius 3 is 3.00 bits per heavy atom. The molecule has 78 valence electrons. The minimum atomic E-state index is -0.493. The van der Waals surface area contributed by atoms with Crippen molar-refractivity contribution >= 4 is 17.9 Å². The van der Waals surface area contributed by atoms with Crippen LogP contribution in [0, 0.1) is 6.92 Å². The molecule has 0 fully saturated rings. The molecule has 3 nitrogen and oxygen atoms in total. The Kier molecular flexibility index (Phi) is 2.54. The molecule has 0 N–H and O–H groups in total. The van der Waals surface area contributed by atoms with Crippen molar-refractivity contribution in [1.82, 2.24) is 0 Å². The molecule has 3 heteroatoms. The summed E-state index contributed by atoms with van der Waals surface area (Å²) >= 11 is 0. The van der Waals surface area contributed by atoms with E-state index in [1.807, 2.05) is 32.0 Å². The lowest BCUT2D eigenvalue weighted by Gasteiger charge is -2.22. The summed E-state index contributed by atoms with van der Waals surface area (Å²) in [6.45, 7) is 3.95. The van der Waals surface area contributed by atoms with Crippen molar-refractivity contribution in [3.8, 4) is 0 Å².